The Balaban J connectivity index is 2.19. The molecule has 2 aromatic carbocycles. The second kappa shape index (κ2) is 10.1. The summed E-state index contributed by atoms with van der Waals surface area (Å²) in [6.07, 6.45) is 2.25. The normalized spacial score (nSPS) is 17.5. The molecule has 0 aromatic heterocycles. The van der Waals surface area contributed by atoms with Crippen LogP contribution in [0.25, 0.3) is 5.76 Å². The van der Waals surface area contributed by atoms with Crippen LogP contribution in [0.1, 0.15) is 30.5 Å². The van der Waals surface area contributed by atoms with Gasteiger partial charge in [0.2, 0.25) is 0 Å². The highest BCUT2D eigenvalue weighted by molar-refractivity contribution is 6.46. The Morgan fingerprint density at radius 1 is 1.22 bits per heavy atom. The van der Waals surface area contributed by atoms with Gasteiger partial charge in [0.1, 0.15) is 18.1 Å². The predicted octanol–water partition coefficient (Wildman–Crippen LogP) is 5.40. The molecular formula is C24H23Cl2NO5. The average molecular weight is 476 g/mol. The van der Waals surface area contributed by atoms with Crippen LogP contribution in [0.2, 0.25) is 10.0 Å². The van der Waals surface area contributed by atoms with Crippen LogP contribution < -0.4 is 9.47 Å². The molecule has 6 nitrogen and oxygen atoms in total. The summed E-state index contributed by atoms with van der Waals surface area (Å²) in [6.45, 7) is 6.19. The number of aliphatic hydroxyl groups is 1. The molecule has 3 rings (SSSR count). The molecule has 168 valence electrons. The minimum absolute atomic E-state index is 0.0402. The van der Waals surface area contributed by atoms with Gasteiger partial charge in [-0.2, -0.15) is 0 Å². The lowest BCUT2D eigenvalue weighted by Crippen LogP contribution is -2.30. The van der Waals surface area contributed by atoms with E-state index >= 15 is 0 Å². The summed E-state index contributed by atoms with van der Waals surface area (Å²) < 4.78 is 10.8. The summed E-state index contributed by atoms with van der Waals surface area (Å²) in [7, 11) is 1.42. The van der Waals surface area contributed by atoms with E-state index in [-0.39, 0.29) is 32.7 Å². The molecule has 32 heavy (non-hydrogen) atoms. The number of aliphatic hydroxyl groups excluding tert-OH is 1. The van der Waals surface area contributed by atoms with E-state index in [2.05, 4.69) is 6.58 Å². The fraction of sp³-hybridized carbons (Fsp3) is 0.250. The van der Waals surface area contributed by atoms with Crippen molar-refractivity contribution in [3.8, 4) is 11.5 Å². The number of methoxy groups -OCH3 is 1. The second-order valence-corrected chi connectivity index (χ2v) is 7.95. The van der Waals surface area contributed by atoms with Gasteiger partial charge in [0, 0.05) is 12.1 Å². The molecule has 1 heterocycles. The van der Waals surface area contributed by atoms with E-state index < -0.39 is 17.7 Å². The first-order valence-electron chi connectivity index (χ1n) is 9.99. The van der Waals surface area contributed by atoms with Crippen LogP contribution in [0.4, 0.5) is 0 Å². The first-order chi connectivity index (χ1) is 15.3. The molecule has 1 aliphatic rings. The number of carbonyl (C=O) groups excluding carboxylic acids is 2. The molecule has 1 unspecified atom stereocenters. The number of benzene rings is 2. The quantitative estimate of drug-likeness (QED) is 0.239. The van der Waals surface area contributed by atoms with E-state index in [1.807, 2.05) is 6.92 Å². The van der Waals surface area contributed by atoms with Gasteiger partial charge in [-0.25, -0.2) is 0 Å². The topological polar surface area (TPSA) is 76.1 Å². The number of Topliss-reactive ketones (excluding diaryl/α,β-unsaturated/α-hetero) is 1. The van der Waals surface area contributed by atoms with Gasteiger partial charge in [-0.3, -0.25) is 9.59 Å². The van der Waals surface area contributed by atoms with Crippen molar-refractivity contribution in [3.05, 3.63) is 75.8 Å². The first kappa shape index (κ1) is 23.7. The second-order valence-electron chi connectivity index (χ2n) is 7.14. The summed E-state index contributed by atoms with van der Waals surface area (Å²) in [5.74, 6) is -1.02. The van der Waals surface area contributed by atoms with Crippen LogP contribution >= 0.6 is 23.2 Å². The fourth-order valence-corrected chi connectivity index (χ4v) is 4.32. The van der Waals surface area contributed by atoms with Gasteiger partial charge < -0.3 is 19.5 Å². The van der Waals surface area contributed by atoms with Gasteiger partial charge in [0.25, 0.3) is 11.7 Å². The third-order valence-electron chi connectivity index (χ3n) is 5.02. The number of nitrogens with zero attached hydrogens (tertiary/aromatic N) is 1. The molecular weight excluding hydrogens is 453 g/mol. The van der Waals surface area contributed by atoms with Crippen LogP contribution in [0.5, 0.6) is 11.5 Å². The van der Waals surface area contributed by atoms with Crippen LogP contribution in [0.15, 0.2) is 54.6 Å². The number of amides is 1. The Hall–Kier alpha value is -2.96. The summed E-state index contributed by atoms with van der Waals surface area (Å²) in [4.78, 5) is 27.3. The van der Waals surface area contributed by atoms with Gasteiger partial charge in [-0.15, -0.1) is 0 Å². The number of hydrogen-bond donors (Lipinski definition) is 1. The molecule has 1 fully saturated rings. The van der Waals surface area contributed by atoms with E-state index in [0.717, 1.165) is 0 Å². The van der Waals surface area contributed by atoms with Crippen LogP contribution in [0.3, 0.4) is 0 Å². The van der Waals surface area contributed by atoms with Gasteiger partial charge in [0.05, 0.1) is 28.8 Å². The molecule has 0 aliphatic carbocycles. The third-order valence-corrected chi connectivity index (χ3v) is 5.58. The maximum absolute atomic E-state index is 13.0. The van der Waals surface area contributed by atoms with Crippen molar-refractivity contribution in [3.63, 3.8) is 0 Å². The maximum atomic E-state index is 13.0. The van der Waals surface area contributed by atoms with E-state index in [1.165, 1.54) is 24.1 Å². The van der Waals surface area contributed by atoms with Gasteiger partial charge >= 0.3 is 0 Å². The first-order valence-corrected chi connectivity index (χ1v) is 10.7. The molecule has 1 atom stereocenters. The molecule has 2 aromatic rings. The lowest BCUT2D eigenvalue weighted by Gasteiger charge is -2.25. The number of carbonyl (C=O) groups is 2. The molecule has 1 amide bonds. The number of halogens is 2. The monoisotopic (exact) mass is 475 g/mol. The SMILES string of the molecule is C=CCOc1cccc(C2/C(=C(\O)c3cc(Cl)c(OC)c(Cl)c3)C(=O)C(=O)N2CCC)c1. The Morgan fingerprint density at radius 3 is 2.50 bits per heavy atom. The van der Waals surface area contributed by atoms with Crippen LogP contribution in [0, 0.1) is 0 Å². The zero-order valence-electron chi connectivity index (χ0n) is 17.7. The Labute approximate surface area is 196 Å². The van der Waals surface area contributed by atoms with Crippen molar-refractivity contribution in [2.75, 3.05) is 20.3 Å². The Bertz CT molecular complexity index is 1070. The van der Waals surface area contributed by atoms with Gasteiger partial charge in [0.15, 0.2) is 5.75 Å². The minimum atomic E-state index is -0.790. The molecule has 0 bridgehead atoms. The lowest BCUT2D eigenvalue weighted by molar-refractivity contribution is -0.139. The maximum Gasteiger partial charge on any atom is 0.295 e. The number of hydrogen-bond acceptors (Lipinski definition) is 5. The van der Waals surface area contributed by atoms with Crippen LogP contribution in [-0.4, -0.2) is 42.0 Å². The third kappa shape index (κ3) is 4.47. The van der Waals surface area contributed by atoms with Gasteiger partial charge in [-0.1, -0.05) is 54.9 Å². The van der Waals surface area contributed by atoms with Gasteiger partial charge in [-0.05, 0) is 36.2 Å². The smallest absolute Gasteiger partial charge is 0.295 e. The Morgan fingerprint density at radius 2 is 1.91 bits per heavy atom. The van der Waals surface area contributed by atoms with Crippen molar-refractivity contribution < 1.29 is 24.2 Å². The molecule has 0 spiro atoms. The molecule has 1 N–H and O–H groups in total. The number of ether oxygens (including phenoxy) is 2. The average Bonchev–Trinajstić information content (AvgIpc) is 3.02. The molecule has 0 saturated carbocycles. The predicted molar refractivity (Wildman–Crippen MR) is 124 cm³/mol. The molecule has 0 radical (unpaired) electrons. The summed E-state index contributed by atoms with van der Waals surface area (Å²) >= 11 is 12.4. The summed E-state index contributed by atoms with van der Waals surface area (Å²) in [5.41, 5.74) is 0.799. The highest BCUT2D eigenvalue weighted by Crippen LogP contribution is 2.42. The number of likely N-dealkylation sites (tertiary alicyclic amines) is 1. The van der Waals surface area contributed by atoms with E-state index in [1.54, 1.807) is 30.3 Å². The standard InChI is InChI=1S/C24H23Cl2NO5/c1-4-9-27-20(14-7-6-8-16(11-14)32-10-5-2)19(22(29)24(27)30)21(28)15-12-17(25)23(31-3)18(26)13-15/h5-8,11-13,20,28H,2,4,9-10H2,1,3H3/b21-19+. The lowest BCUT2D eigenvalue weighted by atomic mass is 9.95. The van der Waals surface area contributed by atoms with Crippen molar-refractivity contribution in [2.45, 2.75) is 19.4 Å². The molecule has 8 heteroatoms. The number of ketones is 1. The van der Waals surface area contributed by atoms with Crippen molar-refractivity contribution >= 4 is 40.7 Å². The van der Waals surface area contributed by atoms with Crippen LogP contribution in [-0.2, 0) is 9.59 Å². The zero-order valence-corrected chi connectivity index (χ0v) is 19.2. The fourth-order valence-electron chi connectivity index (χ4n) is 3.67. The highest BCUT2D eigenvalue weighted by Gasteiger charge is 2.45. The minimum Gasteiger partial charge on any atom is -0.507 e. The Kier molecular flexibility index (Phi) is 7.48. The zero-order chi connectivity index (χ0) is 23.4. The summed E-state index contributed by atoms with van der Waals surface area (Å²) in [5, 5.41) is 11.5. The van der Waals surface area contributed by atoms with Crippen molar-refractivity contribution in [2.24, 2.45) is 0 Å². The van der Waals surface area contributed by atoms with Crippen molar-refractivity contribution in [1.82, 2.24) is 4.90 Å². The molecule has 1 saturated heterocycles. The summed E-state index contributed by atoms with van der Waals surface area (Å²) in [6, 6.07) is 9.14. The highest BCUT2D eigenvalue weighted by atomic mass is 35.5. The number of rotatable bonds is 8. The largest absolute Gasteiger partial charge is 0.507 e. The molecule has 1 aliphatic heterocycles. The van der Waals surface area contributed by atoms with Crippen molar-refractivity contribution in [1.29, 1.82) is 0 Å². The van der Waals surface area contributed by atoms with E-state index in [9.17, 15) is 14.7 Å². The van der Waals surface area contributed by atoms with E-state index in [4.69, 9.17) is 32.7 Å². The van der Waals surface area contributed by atoms with E-state index in [0.29, 0.717) is 30.9 Å².